The van der Waals surface area contributed by atoms with Gasteiger partial charge in [0.1, 0.15) is 12.4 Å². The largest absolute Gasteiger partial charge is 0.492 e. The van der Waals surface area contributed by atoms with Gasteiger partial charge in [-0.25, -0.2) is 0 Å². The van der Waals surface area contributed by atoms with E-state index in [-0.39, 0.29) is 0 Å². The first-order chi connectivity index (χ1) is 9.78. The van der Waals surface area contributed by atoms with Crippen LogP contribution in [0.3, 0.4) is 0 Å². The number of ether oxygens (including phenoxy) is 1. The number of nitrogens with zero attached hydrogens (tertiary/aromatic N) is 1. The van der Waals surface area contributed by atoms with Gasteiger partial charge in [0.15, 0.2) is 0 Å². The summed E-state index contributed by atoms with van der Waals surface area (Å²) >= 11 is 3.45. The first-order valence-electron chi connectivity index (χ1n) is 7.59. The van der Waals surface area contributed by atoms with Gasteiger partial charge in [-0.15, -0.1) is 0 Å². The van der Waals surface area contributed by atoms with E-state index in [0.717, 1.165) is 35.8 Å². The monoisotopic (exact) mass is 340 g/mol. The number of nitrogens with one attached hydrogen (secondary N) is 1. The van der Waals surface area contributed by atoms with Gasteiger partial charge in [0.25, 0.3) is 0 Å². The Morgan fingerprint density at radius 1 is 1.35 bits per heavy atom. The van der Waals surface area contributed by atoms with E-state index in [1.165, 1.54) is 32.5 Å². The summed E-state index contributed by atoms with van der Waals surface area (Å²) in [5.74, 6) is 1.76. The maximum Gasteiger partial charge on any atom is 0.120 e. The minimum Gasteiger partial charge on any atom is -0.492 e. The van der Waals surface area contributed by atoms with E-state index in [4.69, 9.17) is 4.74 Å². The van der Waals surface area contributed by atoms with Crippen LogP contribution in [0.25, 0.3) is 0 Å². The molecule has 1 N–H and O–H groups in total. The predicted octanol–water partition coefficient (Wildman–Crippen LogP) is 3.15. The molecule has 0 aromatic heterocycles. The minimum atomic E-state index is 0.726. The van der Waals surface area contributed by atoms with Crippen molar-refractivity contribution in [1.29, 1.82) is 0 Å². The van der Waals surface area contributed by atoms with Crippen molar-refractivity contribution < 1.29 is 4.74 Å². The molecule has 1 aromatic carbocycles. The van der Waals surface area contributed by atoms with Crippen LogP contribution < -0.4 is 10.1 Å². The number of hydrogen-bond donors (Lipinski definition) is 1. The smallest absolute Gasteiger partial charge is 0.120 e. The number of halogens is 1. The standard InChI is InChI=1S/C16H25BrN2O/c1-2-19-9-6-14(7-10-19)13-18-8-11-20-16-5-3-4-15(17)12-16/h3-5,12,14,18H,2,6-11,13H2,1H3. The van der Waals surface area contributed by atoms with E-state index in [2.05, 4.69) is 33.1 Å². The fraction of sp³-hybridized carbons (Fsp3) is 0.625. The number of piperidine rings is 1. The molecule has 0 amide bonds. The Morgan fingerprint density at radius 3 is 2.85 bits per heavy atom. The lowest BCUT2D eigenvalue weighted by molar-refractivity contribution is 0.188. The highest BCUT2D eigenvalue weighted by atomic mass is 79.9. The molecule has 1 fully saturated rings. The molecule has 0 unspecified atom stereocenters. The third kappa shape index (κ3) is 5.43. The molecular formula is C16H25BrN2O. The molecule has 112 valence electrons. The molecule has 2 rings (SSSR count). The number of benzene rings is 1. The Balaban J connectivity index is 1.54. The molecule has 0 atom stereocenters. The Hall–Kier alpha value is -0.580. The van der Waals surface area contributed by atoms with Crippen LogP contribution in [0, 0.1) is 5.92 Å². The van der Waals surface area contributed by atoms with Gasteiger partial charge < -0.3 is 15.0 Å². The van der Waals surface area contributed by atoms with Crippen molar-refractivity contribution in [2.75, 3.05) is 39.3 Å². The maximum atomic E-state index is 5.71. The van der Waals surface area contributed by atoms with Gasteiger partial charge in [-0.05, 0) is 63.1 Å². The zero-order chi connectivity index (χ0) is 14.2. The molecule has 1 heterocycles. The van der Waals surface area contributed by atoms with Crippen molar-refractivity contribution in [1.82, 2.24) is 10.2 Å². The second kappa shape index (κ2) is 8.65. The first-order valence-corrected chi connectivity index (χ1v) is 8.38. The normalized spacial score (nSPS) is 17.3. The Morgan fingerprint density at radius 2 is 2.15 bits per heavy atom. The van der Waals surface area contributed by atoms with Gasteiger partial charge in [0, 0.05) is 11.0 Å². The molecule has 0 spiro atoms. The Kier molecular flexibility index (Phi) is 6.83. The topological polar surface area (TPSA) is 24.5 Å². The van der Waals surface area contributed by atoms with E-state index in [1.807, 2.05) is 24.3 Å². The van der Waals surface area contributed by atoms with Gasteiger partial charge in [-0.2, -0.15) is 0 Å². The van der Waals surface area contributed by atoms with Gasteiger partial charge >= 0.3 is 0 Å². The third-order valence-electron chi connectivity index (χ3n) is 3.93. The zero-order valence-corrected chi connectivity index (χ0v) is 13.9. The summed E-state index contributed by atoms with van der Waals surface area (Å²) in [5.41, 5.74) is 0. The van der Waals surface area contributed by atoms with Gasteiger partial charge in [-0.3, -0.25) is 0 Å². The molecule has 0 saturated carbocycles. The Bertz CT molecular complexity index is 392. The summed E-state index contributed by atoms with van der Waals surface area (Å²) in [6, 6.07) is 7.99. The summed E-state index contributed by atoms with van der Waals surface area (Å²) in [7, 11) is 0. The summed E-state index contributed by atoms with van der Waals surface area (Å²) in [6.07, 6.45) is 2.65. The highest BCUT2D eigenvalue weighted by Crippen LogP contribution is 2.17. The summed E-state index contributed by atoms with van der Waals surface area (Å²) in [5, 5.41) is 3.52. The number of likely N-dealkylation sites (tertiary alicyclic amines) is 1. The van der Waals surface area contributed by atoms with Crippen LogP contribution in [0.15, 0.2) is 28.7 Å². The van der Waals surface area contributed by atoms with Gasteiger partial charge in [-0.1, -0.05) is 28.9 Å². The second-order valence-electron chi connectivity index (χ2n) is 5.39. The summed E-state index contributed by atoms with van der Waals surface area (Å²) in [4.78, 5) is 2.53. The number of hydrogen-bond acceptors (Lipinski definition) is 3. The SMILES string of the molecule is CCN1CCC(CNCCOc2cccc(Br)c2)CC1. The molecule has 0 bridgehead atoms. The van der Waals surface area contributed by atoms with Crippen LogP contribution in [0.4, 0.5) is 0 Å². The van der Waals surface area contributed by atoms with Crippen LogP contribution >= 0.6 is 15.9 Å². The molecule has 1 aliphatic heterocycles. The fourth-order valence-corrected chi connectivity index (χ4v) is 2.99. The van der Waals surface area contributed by atoms with E-state index in [0.29, 0.717) is 0 Å². The van der Waals surface area contributed by atoms with Crippen molar-refractivity contribution in [3.8, 4) is 5.75 Å². The average molecular weight is 341 g/mol. The lowest BCUT2D eigenvalue weighted by Crippen LogP contribution is -2.37. The van der Waals surface area contributed by atoms with Crippen LogP contribution in [-0.2, 0) is 0 Å². The van der Waals surface area contributed by atoms with Crippen LogP contribution in [0.1, 0.15) is 19.8 Å². The highest BCUT2D eigenvalue weighted by Gasteiger charge is 2.17. The molecule has 1 aliphatic rings. The molecular weight excluding hydrogens is 316 g/mol. The molecule has 0 radical (unpaired) electrons. The first kappa shape index (κ1) is 15.8. The zero-order valence-electron chi connectivity index (χ0n) is 12.3. The highest BCUT2D eigenvalue weighted by molar-refractivity contribution is 9.10. The molecule has 1 aromatic rings. The average Bonchev–Trinajstić information content (AvgIpc) is 2.48. The second-order valence-corrected chi connectivity index (χ2v) is 6.30. The van der Waals surface area contributed by atoms with Gasteiger partial charge in [0.2, 0.25) is 0 Å². The third-order valence-corrected chi connectivity index (χ3v) is 4.42. The van der Waals surface area contributed by atoms with Crippen molar-refractivity contribution in [2.24, 2.45) is 5.92 Å². The molecule has 1 saturated heterocycles. The lowest BCUT2D eigenvalue weighted by atomic mass is 9.97. The quantitative estimate of drug-likeness (QED) is 0.771. The van der Waals surface area contributed by atoms with Crippen molar-refractivity contribution in [3.05, 3.63) is 28.7 Å². The Labute approximate surface area is 130 Å². The molecule has 4 heteroatoms. The van der Waals surface area contributed by atoms with E-state index in [1.54, 1.807) is 0 Å². The van der Waals surface area contributed by atoms with Crippen molar-refractivity contribution in [3.63, 3.8) is 0 Å². The fourth-order valence-electron chi connectivity index (χ4n) is 2.61. The van der Waals surface area contributed by atoms with Gasteiger partial charge in [0.05, 0.1) is 0 Å². The van der Waals surface area contributed by atoms with E-state index in [9.17, 15) is 0 Å². The summed E-state index contributed by atoms with van der Waals surface area (Å²) < 4.78 is 6.77. The van der Waals surface area contributed by atoms with Crippen LogP contribution in [-0.4, -0.2) is 44.2 Å². The van der Waals surface area contributed by atoms with E-state index < -0.39 is 0 Å². The number of rotatable bonds is 7. The lowest BCUT2D eigenvalue weighted by Gasteiger charge is -2.31. The minimum absolute atomic E-state index is 0.726. The molecule has 3 nitrogen and oxygen atoms in total. The predicted molar refractivity (Wildman–Crippen MR) is 87.3 cm³/mol. The van der Waals surface area contributed by atoms with Crippen LogP contribution in [0.2, 0.25) is 0 Å². The van der Waals surface area contributed by atoms with Crippen LogP contribution in [0.5, 0.6) is 5.75 Å². The molecule has 20 heavy (non-hydrogen) atoms. The van der Waals surface area contributed by atoms with Crippen molar-refractivity contribution in [2.45, 2.75) is 19.8 Å². The summed E-state index contributed by atoms with van der Waals surface area (Å²) in [6.45, 7) is 8.73. The maximum absolute atomic E-state index is 5.71. The van der Waals surface area contributed by atoms with Crippen molar-refractivity contribution >= 4 is 15.9 Å². The molecule has 0 aliphatic carbocycles. The van der Waals surface area contributed by atoms with E-state index >= 15 is 0 Å².